The Kier molecular flexibility index (Phi) is 26.9. The van der Waals surface area contributed by atoms with Gasteiger partial charge in [0, 0.05) is 57.6 Å². The van der Waals surface area contributed by atoms with E-state index in [9.17, 15) is 38.8 Å². The summed E-state index contributed by atoms with van der Waals surface area (Å²) in [5, 5.41) is 26.2. The number of hydrogen-bond donors (Lipinski definition) is 8. The molecule has 2 heterocycles. The summed E-state index contributed by atoms with van der Waals surface area (Å²) in [5.74, 6) is -3.72. The smallest absolute Gasteiger partial charge is 0.247 e. The van der Waals surface area contributed by atoms with Gasteiger partial charge in [-0.25, -0.2) is 5.48 Å². The number of thioether (sulfide) groups is 2. The van der Waals surface area contributed by atoms with E-state index < -0.39 is 47.5 Å². The Labute approximate surface area is 374 Å². The Morgan fingerprint density at radius 1 is 0.839 bits per heavy atom. The first-order valence-electron chi connectivity index (χ1n) is 21.4. The molecule has 350 valence electrons. The zero-order valence-corrected chi connectivity index (χ0v) is 38.6. The van der Waals surface area contributed by atoms with Crippen LogP contribution in [-0.2, 0) is 49.5 Å². The molecule has 62 heavy (non-hydrogen) atoms. The summed E-state index contributed by atoms with van der Waals surface area (Å²) in [6.07, 6.45) is 1.90. The molecule has 1 aromatic rings. The second kappa shape index (κ2) is 30.9. The lowest BCUT2D eigenvalue weighted by Gasteiger charge is -2.28. The lowest BCUT2D eigenvalue weighted by Crippen LogP contribution is -2.53. The third kappa shape index (κ3) is 22.8. The van der Waals surface area contributed by atoms with Gasteiger partial charge < -0.3 is 46.1 Å². The number of ether oxygens (including phenoxy) is 3. The Bertz CT molecular complexity index is 1560. The number of hydroxylamine groups is 1. The van der Waals surface area contributed by atoms with Gasteiger partial charge in [-0.1, -0.05) is 26.0 Å². The van der Waals surface area contributed by atoms with Crippen LogP contribution in [0.2, 0.25) is 0 Å². The molecule has 0 radical (unpaired) electrons. The molecule has 0 spiro atoms. The van der Waals surface area contributed by atoms with E-state index in [2.05, 4.69) is 31.9 Å². The van der Waals surface area contributed by atoms with Crippen molar-refractivity contribution in [1.82, 2.24) is 37.4 Å². The number of nitrogens with one attached hydrogen (secondary N) is 7. The van der Waals surface area contributed by atoms with Crippen molar-refractivity contribution in [1.29, 1.82) is 0 Å². The fourth-order valence-corrected chi connectivity index (χ4v) is 7.95. The Morgan fingerprint density at radius 2 is 1.47 bits per heavy atom. The van der Waals surface area contributed by atoms with E-state index in [1.807, 2.05) is 41.5 Å². The van der Waals surface area contributed by atoms with Crippen molar-refractivity contribution in [2.45, 2.75) is 109 Å². The van der Waals surface area contributed by atoms with Crippen LogP contribution in [-0.4, -0.2) is 127 Å². The maximum absolute atomic E-state index is 13.8. The second-order valence-corrected chi connectivity index (χ2v) is 17.8. The van der Waals surface area contributed by atoms with Crippen molar-refractivity contribution < 1.29 is 53.0 Å². The molecule has 8 N–H and O–H groups in total. The Morgan fingerprint density at radius 3 is 2.08 bits per heavy atom. The number of carbonyl (C=O) groups excluding carboxylic acids is 7. The largest absolute Gasteiger partial charge is 0.494 e. The van der Waals surface area contributed by atoms with Gasteiger partial charge in [-0.3, -0.25) is 38.8 Å². The summed E-state index contributed by atoms with van der Waals surface area (Å²) in [6.45, 7) is 12.9. The molecule has 2 bridgehead atoms. The zero-order valence-electron chi connectivity index (χ0n) is 37.0. The fraction of sp³-hybridized carbons (Fsp3) is 0.690. The molecule has 2 aliphatic heterocycles. The molecule has 0 saturated heterocycles. The normalized spacial score (nSPS) is 18.2. The maximum atomic E-state index is 13.8. The summed E-state index contributed by atoms with van der Waals surface area (Å²) in [4.78, 5) is 90.6. The van der Waals surface area contributed by atoms with Gasteiger partial charge in [-0.05, 0) is 83.4 Å². The van der Waals surface area contributed by atoms with E-state index in [0.717, 1.165) is 5.56 Å². The van der Waals surface area contributed by atoms with Crippen LogP contribution in [0.4, 0.5) is 0 Å². The molecule has 3 rings (SSSR count). The highest BCUT2D eigenvalue weighted by Gasteiger charge is 2.36. The van der Waals surface area contributed by atoms with Gasteiger partial charge in [0.2, 0.25) is 41.4 Å². The van der Waals surface area contributed by atoms with Crippen molar-refractivity contribution in [3.63, 3.8) is 0 Å². The molecular formula is C42H69N7O11S2. The molecule has 6 atom stereocenters. The van der Waals surface area contributed by atoms with Crippen LogP contribution < -0.4 is 42.1 Å². The highest BCUT2D eigenvalue weighted by molar-refractivity contribution is 8.00. The Hall–Kier alpha value is -4.11. The molecule has 1 aromatic carbocycles. The van der Waals surface area contributed by atoms with Crippen molar-refractivity contribution in [3.05, 3.63) is 29.8 Å². The van der Waals surface area contributed by atoms with E-state index in [4.69, 9.17) is 14.2 Å². The van der Waals surface area contributed by atoms with Crippen molar-refractivity contribution in [2.24, 2.45) is 17.8 Å². The molecule has 7 amide bonds. The lowest BCUT2D eigenvalue weighted by molar-refractivity contribution is -0.142. The summed E-state index contributed by atoms with van der Waals surface area (Å²) in [6, 6.07) is 5.54. The summed E-state index contributed by atoms with van der Waals surface area (Å²) >= 11 is 2.70. The minimum absolute atomic E-state index is 0.0258. The van der Waals surface area contributed by atoms with Gasteiger partial charge in [0.15, 0.2) is 0 Å². The van der Waals surface area contributed by atoms with E-state index in [1.165, 1.54) is 23.5 Å². The molecule has 2 aliphatic rings. The van der Waals surface area contributed by atoms with Crippen LogP contribution in [0.5, 0.6) is 5.75 Å². The van der Waals surface area contributed by atoms with E-state index >= 15 is 0 Å². The standard InChI is InChI=1S/C42H69N7O11S2/c1-7-58-28(5)61-25-38(52)45-23-31(47-39(53)26-62-29(6)59-8-2)14-17-36(50)43-18-10-19-44-37(51)24-46-42(56)35-22-30-12-15-32(16-13-30)60-20-9-11-33(41(55)49-57)34(21-27(3)4)40(54)48-35/h12-13,15-16,27-29,31,33-35,57H,7-11,14,17-26H2,1-6H3,(H,43,50)(H,44,51)(H,45,52)(H,46,56)(H,47,53)(H,48,54)(H,49,55)/t28?,29?,31?,33?,34-,35?/m1/s1. The monoisotopic (exact) mass is 911 g/mol. The van der Waals surface area contributed by atoms with Crippen molar-refractivity contribution in [3.8, 4) is 5.75 Å². The van der Waals surface area contributed by atoms with Gasteiger partial charge in [-0.2, -0.15) is 0 Å². The van der Waals surface area contributed by atoms with Gasteiger partial charge >= 0.3 is 0 Å². The number of hydrogen-bond acceptors (Lipinski definition) is 13. The zero-order chi connectivity index (χ0) is 45.9. The predicted molar refractivity (Wildman–Crippen MR) is 238 cm³/mol. The highest BCUT2D eigenvalue weighted by Crippen LogP contribution is 2.27. The number of carbonyl (C=O) groups is 7. The quantitative estimate of drug-likeness (QED) is 0.0287. The van der Waals surface area contributed by atoms with E-state index in [1.54, 1.807) is 29.7 Å². The lowest BCUT2D eigenvalue weighted by atomic mass is 9.81. The first-order valence-corrected chi connectivity index (χ1v) is 23.5. The molecule has 0 aliphatic carbocycles. The van der Waals surface area contributed by atoms with Crippen LogP contribution in [0.15, 0.2) is 24.3 Å². The molecule has 18 nitrogen and oxygen atoms in total. The first kappa shape index (κ1) is 54.0. The molecule has 20 heteroatoms. The van der Waals surface area contributed by atoms with E-state index in [0.29, 0.717) is 44.8 Å². The van der Waals surface area contributed by atoms with Crippen molar-refractivity contribution in [2.75, 3.05) is 57.5 Å². The summed E-state index contributed by atoms with van der Waals surface area (Å²) in [5.41, 5.74) is 2.12. The summed E-state index contributed by atoms with van der Waals surface area (Å²) < 4.78 is 16.7. The number of fused-ring (bicyclic) bond motifs is 11. The molecule has 0 fully saturated rings. The van der Waals surface area contributed by atoms with Gasteiger partial charge in [0.25, 0.3) is 0 Å². The predicted octanol–water partition coefficient (Wildman–Crippen LogP) is 2.02. The molecule has 5 unspecified atom stereocenters. The topological polar surface area (TPSA) is 252 Å². The van der Waals surface area contributed by atoms with Crippen LogP contribution in [0.3, 0.4) is 0 Å². The fourth-order valence-electron chi connectivity index (χ4n) is 6.52. The number of benzene rings is 1. The van der Waals surface area contributed by atoms with Gasteiger partial charge in [0.05, 0.1) is 30.6 Å². The van der Waals surface area contributed by atoms with E-state index in [-0.39, 0.29) is 97.9 Å². The SMILES string of the molecule is CCOC(C)SCC(=O)NCC(CCC(=O)NCCCNC(=O)CNC(=O)C1Cc2ccc(cc2)OCCCC(C(=O)NO)[C@@H](CC(C)C)C(=O)N1)NC(=O)CSC(C)OCC. The highest BCUT2D eigenvalue weighted by atomic mass is 32.2. The number of amides is 7. The molecule has 0 aromatic heterocycles. The number of rotatable bonds is 26. The van der Waals surface area contributed by atoms with Crippen LogP contribution in [0, 0.1) is 17.8 Å². The molecule has 0 saturated carbocycles. The summed E-state index contributed by atoms with van der Waals surface area (Å²) in [7, 11) is 0. The van der Waals surface area contributed by atoms with Gasteiger partial charge in [0.1, 0.15) is 22.7 Å². The minimum atomic E-state index is -1.08. The third-order valence-electron chi connectivity index (χ3n) is 9.67. The minimum Gasteiger partial charge on any atom is -0.494 e. The average molecular weight is 912 g/mol. The first-order chi connectivity index (χ1) is 29.6. The van der Waals surface area contributed by atoms with Crippen LogP contribution >= 0.6 is 23.5 Å². The van der Waals surface area contributed by atoms with Crippen LogP contribution in [0.25, 0.3) is 0 Å². The average Bonchev–Trinajstić information content (AvgIpc) is 3.24. The maximum Gasteiger partial charge on any atom is 0.247 e. The second-order valence-electron chi connectivity index (χ2n) is 15.3. The van der Waals surface area contributed by atoms with Crippen LogP contribution in [0.1, 0.15) is 85.6 Å². The Balaban J connectivity index is 1.90. The van der Waals surface area contributed by atoms with Gasteiger partial charge in [-0.15, -0.1) is 23.5 Å². The third-order valence-corrected chi connectivity index (χ3v) is 11.7. The molecular weight excluding hydrogens is 843 g/mol. The van der Waals surface area contributed by atoms with Crippen molar-refractivity contribution >= 4 is 64.9 Å².